The molecule has 190 valence electrons. The summed E-state index contributed by atoms with van der Waals surface area (Å²) in [6.07, 6.45) is -2.70. The molecule has 0 aliphatic carbocycles. The Morgan fingerprint density at radius 2 is 1.50 bits per heavy atom. The van der Waals surface area contributed by atoms with Crippen LogP contribution in [-0.2, 0) is 0 Å². The molecule has 0 amide bonds. The lowest BCUT2D eigenvalue weighted by molar-refractivity contribution is -0.274. The summed E-state index contributed by atoms with van der Waals surface area (Å²) < 4.78 is 48.6. The molecule has 3 aromatic carbocycles. The highest BCUT2D eigenvalue weighted by Crippen LogP contribution is 2.51. The summed E-state index contributed by atoms with van der Waals surface area (Å²) in [7, 11) is 1.53. The molecule has 0 unspecified atom stereocenters. The van der Waals surface area contributed by atoms with Gasteiger partial charge >= 0.3 is 6.36 Å². The Labute approximate surface area is 210 Å². The summed E-state index contributed by atoms with van der Waals surface area (Å²) >= 11 is 0. The minimum Gasteiger partial charge on any atom is -0.495 e. The fraction of sp³-hybridized carbons (Fsp3) is 0.379. The van der Waals surface area contributed by atoms with Crippen LogP contribution in [0.3, 0.4) is 0 Å². The van der Waals surface area contributed by atoms with Crippen LogP contribution in [0.2, 0.25) is 0 Å². The van der Waals surface area contributed by atoms with E-state index >= 15 is 0 Å². The molecule has 3 heterocycles. The van der Waals surface area contributed by atoms with Gasteiger partial charge in [-0.15, -0.1) is 13.2 Å². The average Bonchev–Trinajstić information content (AvgIpc) is 2.87. The number of fused-ring (bicyclic) bond motifs is 3. The molecule has 3 fully saturated rings. The van der Waals surface area contributed by atoms with Gasteiger partial charge < -0.3 is 14.8 Å². The summed E-state index contributed by atoms with van der Waals surface area (Å²) in [5.41, 5.74) is 2.60. The fourth-order valence-corrected chi connectivity index (χ4v) is 6.34. The molecule has 2 atom stereocenters. The van der Waals surface area contributed by atoms with E-state index in [1.165, 1.54) is 36.4 Å². The van der Waals surface area contributed by atoms with E-state index in [2.05, 4.69) is 70.4 Å². The molecule has 0 spiro atoms. The van der Waals surface area contributed by atoms with Crippen molar-refractivity contribution >= 4 is 5.69 Å². The van der Waals surface area contributed by atoms with E-state index in [0.29, 0.717) is 17.4 Å². The SMILES string of the molecule is COc1ccc(OC(F)(F)F)cc1N[C@H]1C2CCN(CC2)[C@@]1(C)C(c1ccccc1)c1ccccc1. The topological polar surface area (TPSA) is 33.7 Å². The van der Waals surface area contributed by atoms with E-state index in [1.807, 2.05) is 12.1 Å². The molecule has 1 N–H and O–H groups in total. The van der Waals surface area contributed by atoms with Gasteiger partial charge in [0, 0.05) is 23.6 Å². The van der Waals surface area contributed by atoms with Gasteiger partial charge in [-0.2, -0.15) is 0 Å². The molecule has 4 nitrogen and oxygen atoms in total. The van der Waals surface area contributed by atoms with Gasteiger partial charge in [0.25, 0.3) is 0 Å². The lowest BCUT2D eigenvalue weighted by Gasteiger charge is -2.61. The van der Waals surface area contributed by atoms with Crippen LogP contribution in [0.1, 0.15) is 36.8 Å². The molecule has 7 heteroatoms. The zero-order chi connectivity index (χ0) is 25.3. The number of ether oxygens (including phenoxy) is 2. The van der Waals surface area contributed by atoms with Crippen molar-refractivity contribution in [3.63, 3.8) is 0 Å². The van der Waals surface area contributed by atoms with Gasteiger partial charge in [0.2, 0.25) is 0 Å². The minimum absolute atomic E-state index is 0.0274. The molecule has 6 rings (SSSR count). The van der Waals surface area contributed by atoms with Crippen molar-refractivity contribution in [2.75, 3.05) is 25.5 Å². The quantitative estimate of drug-likeness (QED) is 0.395. The largest absolute Gasteiger partial charge is 0.573 e. The van der Waals surface area contributed by atoms with E-state index in [4.69, 9.17) is 4.74 Å². The number of benzene rings is 3. The number of nitrogens with zero attached hydrogens (tertiary/aromatic N) is 1. The number of rotatable bonds is 7. The van der Waals surface area contributed by atoms with Crippen molar-refractivity contribution in [1.82, 2.24) is 4.90 Å². The van der Waals surface area contributed by atoms with E-state index in [0.717, 1.165) is 25.9 Å². The monoisotopic (exact) mass is 496 g/mol. The lowest BCUT2D eigenvalue weighted by atomic mass is 9.62. The fourth-order valence-electron chi connectivity index (χ4n) is 6.34. The zero-order valence-corrected chi connectivity index (χ0v) is 20.5. The summed E-state index contributed by atoms with van der Waals surface area (Å²) in [6.45, 7) is 4.27. The van der Waals surface area contributed by atoms with Crippen molar-refractivity contribution in [2.45, 2.75) is 43.6 Å². The van der Waals surface area contributed by atoms with Crippen molar-refractivity contribution in [1.29, 1.82) is 0 Å². The third-order valence-electron chi connectivity index (χ3n) is 7.89. The van der Waals surface area contributed by atoms with Crippen LogP contribution in [0.15, 0.2) is 78.9 Å². The summed E-state index contributed by atoms with van der Waals surface area (Å²) in [5.74, 6) is 0.642. The normalized spacial score (nSPS) is 25.6. The van der Waals surface area contributed by atoms with Crippen LogP contribution in [0, 0.1) is 5.92 Å². The Morgan fingerprint density at radius 1 is 0.917 bits per heavy atom. The third kappa shape index (κ3) is 4.64. The van der Waals surface area contributed by atoms with Crippen LogP contribution in [0.5, 0.6) is 11.5 Å². The predicted molar refractivity (Wildman–Crippen MR) is 135 cm³/mol. The van der Waals surface area contributed by atoms with Crippen molar-refractivity contribution in [2.24, 2.45) is 5.92 Å². The maximum absolute atomic E-state index is 13.0. The summed E-state index contributed by atoms with van der Waals surface area (Å²) in [5, 5.41) is 3.65. The van der Waals surface area contributed by atoms with Gasteiger partial charge in [-0.3, -0.25) is 4.90 Å². The van der Waals surface area contributed by atoms with Crippen LogP contribution in [0.4, 0.5) is 18.9 Å². The molecule has 3 aliphatic rings. The molecule has 0 saturated carbocycles. The van der Waals surface area contributed by atoms with Crippen LogP contribution >= 0.6 is 0 Å². The van der Waals surface area contributed by atoms with Gasteiger partial charge in [-0.05, 0) is 62.0 Å². The van der Waals surface area contributed by atoms with Gasteiger partial charge in [-0.25, -0.2) is 0 Å². The first kappa shape index (κ1) is 24.5. The lowest BCUT2D eigenvalue weighted by Crippen LogP contribution is -2.70. The standard InChI is InChI=1S/C29H31F3N2O2/c1-28(26(20-9-5-3-6-10-20)21-11-7-4-8-12-21)27(22-15-17-34(28)18-16-22)33-24-19-23(36-29(30,31)32)13-14-25(24)35-2/h3-14,19,22,26-27,33H,15-18H2,1-2H3/t27-,28-/m0/s1. The molecule has 0 aromatic heterocycles. The van der Waals surface area contributed by atoms with Crippen LogP contribution in [0.25, 0.3) is 0 Å². The first-order chi connectivity index (χ1) is 17.3. The van der Waals surface area contributed by atoms with Crippen molar-refractivity contribution < 1.29 is 22.6 Å². The number of nitrogens with one attached hydrogen (secondary N) is 1. The highest BCUT2D eigenvalue weighted by molar-refractivity contribution is 5.61. The number of hydrogen-bond acceptors (Lipinski definition) is 4. The molecule has 3 aliphatic heterocycles. The second-order valence-corrected chi connectivity index (χ2v) is 9.84. The highest BCUT2D eigenvalue weighted by atomic mass is 19.4. The molecule has 0 radical (unpaired) electrons. The Kier molecular flexibility index (Phi) is 6.60. The Morgan fingerprint density at radius 3 is 2.03 bits per heavy atom. The predicted octanol–water partition coefficient (Wildman–Crippen LogP) is 6.69. The summed E-state index contributed by atoms with van der Waals surface area (Å²) in [4.78, 5) is 2.55. The van der Waals surface area contributed by atoms with Gasteiger partial charge in [0.1, 0.15) is 11.5 Å². The van der Waals surface area contributed by atoms with Gasteiger partial charge in [0.15, 0.2) is 0 Å². The van der Waals surface area contributed by atoms with Crippen LogP contribution < -0.4 is 14.8 Å². The maximum atomic E-state index is 13.0. The number of anilines is 1. The van der Waals surface area contributed by atoms with Crippen molar-refractivity contribution in [3.05, 3.63) is 90.0 Å². The first-order valence-electron chi connectivity index (χ1n) is 12.3. The highest BCUT2D eigenvalue weighted by Gasteiger charge is 2.55. The molecular formula is C29H31F3N2O2. The molecule has 36 heavy (non-hydrogen) atoms. The van der Waals surface area contributed by atoms with Gasteiger partial charge in [-0.1, -0.05) is 60.7 Å². The Balaban J connectivity index is 1.60. The van der Waals surface area contributed by atoms with E-state index in [1.54, 1.807) is 0 Å². The maximum Gasteiger partial charge on any atom is 0.573 e. The Hall–Kier alpha value is -3.19. The van der Waals surface area contributed by atoms with Crippen molar-refractivity contribution in [3.8, 4) is 11.5 Å². The molecule has 3 aromatic rings. The molecule has 3 saturated heterocycles. The number of alkyl halides is 3. The number of piperidine rings is 3. The third-order valence-corrected chi connectivity index (χ3v) is 7.89. The summed E-state index contributed by atoms with van der Waals surface area (Å²) in [6, 6.07) is 25.1. The van der Waals surface area contributed by atoms with Gasteiger partial charge in [0.05, 0.1) is 12.8 Å². The minimum atomic E-state index is -4.76. The van der Waals surface area contributed by atoms with E-state index in [9.17, 15) is 13.2 Å². The second kappa shape index (κ2) is 9.69. The zero-order valence-electron chi connectivity index (χ0n) is 20.5. The number of hydrogen-bond donors (Lipinski definition) is 1. The Bertz CT molecular complexity index is 1120. The number of methoxy groups -OCH3 is 1. The molecular weight excluding hydrogens is 465 g/mol. The van der Waals surface area contributed by atoms with E-state index in [-0.39, 0.29) is 23.2 Å². The number of halogens is 3. The van der Waals surface area contributed by atoms with Crippen LogP contribution in [-0.4, -0.2) is 43.0 Å². The molecule has 2 bridgehead atoms. The van der Waals surface area contributed by atoms with E-state index < -0.39 is 6.36 Å². The average molecular weight is 497 g/mol. The first-order valence-corrected chi connectivity index (χ1v) is 12.3. The second-order valence-electron chi connectivity index (χ2n) is 9.84. The smallest absolute Gasteiger partial charge is 0.495 e.